The number of nitrogens with zero attached hydrogens (tertiary/aromatic N) is 2. The van der Waals surface area contributed by atoms with Gasteiger partial charge in [-0.1, -0.05) is 158 Å². The summed E-state index contributed by atoms with van der Waals surface area (Å²) >= 11 is 0. The fourth-order valence-corrected chi connectivity index (χ4v) is 7.92. The molecule has 10 aromatic rings. The summed E-state index contributed by atoms with van der Waals surface area (Å²) < 4.78 is 2.44. The predicted octanol–water partition coefficient (Wildman–Crippen LogP) is 12.6. The highest BCUT2D eigenvalue weighted by Crippen LogP contribution is 2.44. The molecule has 0 N–H and O–H groups in total. The van der Waals surface area contributed by atoms with E-state index in [-0.39, 0.29) is 0 Å². The number of benzene rings is 8. The SMILES string of the molecule is c1ccc(-c2c3ccccc3c(-c3ccc(-c4cccc5c6ccc7ccccc7c6n(-c6ccccc6)c45)cn3)c3ccccc23)cc1. The molecule has 0 aliphatic heterocycles. The second-order valence-electron chi connectivity index (χ2n) is 12.7. The van der Waals surface area contributed by atoms with Crippen LogP contribution in [-0.2, 0) is 0 Å². The molecule has 0 bridgehead atoms. The van der Waals surface area contributed by atoms with E-state index in [1.54, 1.807) is 0 Å². The minimum Gasteiger partial charge on any atom is -0.308 e. The highest BCUT2D eigenvalue weighted by molar-refractivity contribution is 6.22. The third-order valence-corrected chi connectivity index (χ3v) is 10.0. The van der Waals surface area contributed by atoms with E-state index in [9.17, 15) is 0 Å². The van der Waals surface area contributed by atoms with Gasteiger partial charge in [0.25, 0.3) is 0 Å². The standard InChI is InChI=1S/C47H30N2/c1-3-15-32(16-4-1)44-37-20-9-11-22-39(37)45(40-23-12-10-21-38(40)44)43-29-27-33(30-48-43)36-24-13-25-41-42-28-26-31-14-7-8-19-35(31)46(42)49(47(36)41)34-17-5-2-6-18-34/h1-30H. The molecule has 0 atom stereocenters. The van der Waals surface area contributed by atoms with E-state index in [1.807, 2.05) is 0 Å². The van der Waals surface area contributed by atoms with Crippen LogP contribution in [0, 0.1) is 0 Å². The number of hydrogen-bond acceptors (Lipinski definition) is 1. The van der Waals surface area contributed by atoms with Crippen molar-refractivity contribution < 1.29 is 0 Å². The molecule has 0 spiro atoms. The van der Waals surface area contributed by atoms with E-state index in [2.05, 4.69) is 187 Å². The lowest BCUT2D eigenvalue weighted by Crippen LogP contribution is -1.96. The minimum atomic E-state index is 0.970. The van der Waals surface area contributed by atoms with Crippen molar-refractivity contribution in [2.45, 2.75) is 0 Å². The van der Waals surface area contributed by atoms with Crippen LogP contribution in [0.15, 0.2) is 182 Å². The first-order valence-corrected chi connectivity index (χ1v) is 16.8. The van der Waals surface area contributed by atoms with Crippen LogP contribution in [0.1, 0.15) is 0 Å². The van der Waals surface area contributed by atoms with Crippen molar-refractivity contribution in [3.63, 3.8) is 0 Å². The van der Waals surface area contributed by atoms with E-state index in [1.165, 1.54) is 70.8 Å². The van der Waals surface area contributed by atoms with E-state index >= 15 is 0 Å². The molecular formula is C47H30N2. The Morgan fingerprint density at radius 3 is 1.59 bits per heavy atom. The summed E-state index contributed by atoms with van der Waals surface area (Å²) in [6, 6.07) is 63.3. The topological polar surface area (TPSA) is 17.8 Å². The first kappa shape index (κ1) is 27.6. The van der Waals surface area contributed by atoms with Crippen molar-refractivity contribution in [2.75, 3.05) is 0 Å². The highest BCUT2D eigenvalue weighted by atomic mass is 15.0. The van der Waals surface area contributed by atoms with Gasteiger partial charge in [0.2, 0.25) is 0 Å². The van der Waals surface area contributed by atoms with Gasteiger partial charge in [0.15, 0.2) is 0 Å². The predicted molar refractivity (Wildman–Crippen MR) is 207 cm³/mol. The maximum absolute atomic E-state index is 5.23. The van der Waals surface area contributed by atoms with Gasteiger partial charge in [0.1, 0.15) is 0 Å². The number of aromatic nitrogens is 2. The quantitative estimate of drug-likeness (QED) is 0.179. The molecule has 2 heterocycles. The molecule has 2 nitrogen and oxygen atoms in total. The summed E-state index contributed by atoms with van der Waals surface area (Å²) in [6.45, 7) is 0. The minimum absolute atomic E-state index is 0.970. The Kier molecular flexibility index (Phi) is 6.22. The van der Waals surface area contributed by atoms with Gasteiger partial charge in [-0.25, -0.2) is 0 Å². The maximum atomic E-state index is 5.23. The van der Waals surface area contributed by atoms with E-state index in [0.29, 0.717) is 0 Å². The molecule has 0 saturated heterocycles. The van der Waals surface area contributed by atoms with Gasteiger partial charge in [-0.2, -0.15) is 0 Å². The monoisotopic (exact) mass is 622 g/mol. The van der Waals surface area contributed by atoms with Gasteiger partial charge < -0.3 is 4.57 Å². The number of fused-ring (bicyclic) bond motifs is 7. The van der Waals surface area contributed by atoms with Gasteiger partial charge in [0.05, 0.1) is 16.7 Å². The Balaban J connectivity index is 1.22. The summed E-state index contributed by atoms with van der Waals surface area (Å²) in [7, 11) is 0. The Morgan fingerprint density at radius 1 is 0.347 bits per heavy atom. The average molecular weight is 623 g/mol. The van der Waals surface area contributed by atoms with Crippen LogP contribution < -0.4 is 0 Å². The third-order valence-electron chi connectivity index (χ3n) is 10.0. The first-order chi connectivity index (χ1) is 24.3. The number of hydrogen-bond donors (Lipinski definition) is 0. The number of pyridine rings is 1. The molecule has 0 unspecified atom stereocenters. The largest absolute Gasteiger partial charge is 0.308 e. The second kappa shape index (κ2) is 11.0. The molecule has 2 aromatic heterocycles. The van der Waals surface area contributed by atoms with Gasteiger partial charge >= 0.3 is 0 Å². The molecule has 0 amide bonds. The lowest BCUT2D eigenvalue weighted by atomic mass is 9.87. The van der Waals surface area contributed by atoms with Crippen LogP contribution in [0.5, 0.6) is 0 Å². The molecule has 2 heteroatoms. The Hall–Kier alpha value is -6.51. The second-order valence-corrected chi connectivity index (χ2v) is 12.7. The van der Waals surface area contributed by atoms with E-state index in [0.717, 1.165) is 22.5 Å². The summed E-state index contributed by atoms with van der Waals surface area (Å²) in [6.07, 6.45) is 2.06. The molecule has 49 heavy (non-hydrogen) atoms. The van der Waals surface area contributed by atoms with E-state index in [4.69, 9.17) is 4.98 Å². The molecule has 228 valence electrons. The molecule has 10 rings (SSSR count). The number of para-hydroxylation sites is 2. The van der Waals surface area contributed by atoms with Gasteiger partial charge in [-0.3, -0.25) is 4.98 Å². The zero-order chi connectivity index (χ0) is 32.3. The lowest BCUT2D eigenvalue weighted by molar-refractivity contribution is 1.19. The smallest absolute Gasteiger partial charge is 0.0714 e. The molecular weight excluding hydrogens is 593 g/mol. The van der Waals surface area contributed by atoms with Crippen LogP contribution in [0.2, 0.25) is 0 Å². The molecule has 0 aliphatic carbocycles. The van der Waals surface area contributed by atoms with Gasteiger partial charge in [0, 0.05) is 44.7 Å². The Morgan fingerprint density at radius 2 is 0.918 bits per heavy atom. The normalized spacial score (nSPS) is 11.7. The highest BCUT2D eigenvalue weighted by Gasteiger charge is 2.20. The van der Waals surface area contributed by atoms with Crippen molar-refractivity contribution in [3.8, 4) is 39.2 Å². The summed E-state index contributed by atoms with van der Waals surface area (Å²) in [5.74, 6) is 0. The molecule has 0 radical (unpaired) electrons. The van der Waals surface area contributed by atoms with Gasteiger partial charge in [-0.15, -0.1) is 0 Å². The first-order valence-electron chi connectivity index (χ1n) is 16.8. The van der Waals surface area contributed by atoms with Crippen LogP contribution >= 0.6 is 0 Å². The summed E-state index contributed by atoms with van der Waals surface area (Å²) in [5.41, 5.74) is 10.4. The summed E-state index contributed by atoms with van der Waals surface area (Å²) in [4.78, 5) is 5.23. The van der Waals surface area contributed by atoms with Crippen LogP contribution in [0.4, 0.5) is 0 Å². The average Bonchev–Trinajstić information content (AvgIpc) is 3.53. The fourth-order valence-electron chi connectivity index (χ4n) is 7.92. The maximum Gasteiger partial charge on any atom is 0.0714 e. The Bertz CT molecular complexity index is 2790. The van der Waals surface area contributed by atoms with Crippen LogP contribution in [0.3, 0.4) is 0 Å². The molecule has 8 aromatic carbocycles. The van der Waals surface area contributed by atoms with Crippen molar-refractivity contribution >= 4 is 54.1 Å². The zero-order valence-electron chi connectivity index (χ0n) is 26.7. The molecule has 0 fully saturated rings. The van der Waals surface area contributed by atoms with Gasteiger partial charge in [-0.05, 0) is 56.3 Å². The van der Waals surface area contributed by atoms with Crippen molar-refractivity contribution in [2.24, 2.45) is 0 Å². The van der Waals surface area contributed by atoms with Crippen molar-refractivity contribution in [1.82, 2.24) is 9.55 Å². The zero-order valence-corrected chi connectivity index (χ0v) is 26.7. The Labute approximate surface area is 284 Å². The fraction of sp³-hybridized carbons (Fsp3) is 0. The van der Waals surface area contributed by atoms with Crippen LogP contribution in [0.25, 0.3) is 93.3 Å². The van der Waals surface area contributed by atoms with Crippen LogP contribution in [-0.4, -0.2) is 9.55 Å². The lowest BCUT2D eigenvalue weighted by Gasteiger charge is -2.17. The van der Waals surface area contributed by atoms with E-state index < -0.39 is 0 Å². The summed E-state index contributed by atoms with van der Waals surface area (Å²) in [5, 5.41) is 9.85. The number of rotatable bonds is 4. The third kappa shape index (κ3) is 4.24. The van der Waals surface area contributed by atoms with Crippen molar-refractivity contribution in [1.29, 1.82) is 0 Å². The van der Waals surface area contributed by atoms with Crippen molar-refractivity contribution in [3.05, 3.63) is 182 Å². The molecule has 0 aliphatic rings. The molecule has 0 saturated carbocycles.